The van der Waals surface area contributed by atoms with Crippen molar-refractivity contribution in [3.05, 3.63) is 64.1 Å². The fourth-order valence-corrected chi connectivity index (χ4v) is 2.85. The van der Waals surface area contributed by atoms with E-state index in [9.17, 15) is 18.0 Å². The predicted octanol–water partition coefficient (Wildman–Crippen LogP) is 3.76. The Labute approximate surface area is 146 Å². The molecule has 1 heterocycles. The van der Waals surface area contributed by atoms with Gasteiger partial charge < -0.3 is 5.73 Å². The molecule has 0 unspecified atom stereocenters. The van der Waals surface area contributed by atoms with Crippen LogP contribution in [-0.2, 0) is 17.3 Å². The lowest BCUT2D eigenvalue weighted by Gasteiger charge is -2.13. The van der Waals surface area contributed by atoms with Crippen molar-refractivity contribution in [2.75, 3.05) is 0 Å². The smallest absolute Gasteiger partial charge is 0.349 e. The number of hydrogen-bond acceptors (Lipinski definition) is 2. The average molecular weight is 368 g/mol. The number of rotatable bonds is 4. The number of carbonyl (C=O) groups excluding carboxylic acids is 1. The van der Waals surface area contributed by atoms with E-state index in [2.05, 4.69) is 5.10 Å². The van der Waals surface area contributed by atoms with Crippen LogP contribution in [-0.4, -0.2) is 15.7 Å². The first-order valence-corrected chi connectivity index (χ1v) is 7.68. The number of alkyl halides is 2. The van der Waals surface area contributed by atoms with Crippen LogP contribution in [0.3, 0.4) is 0 Å². The first kappa shape index (κ1) is 17.3. The molecule has 0 aliphatic heterocycles. The van der Waals surface area contributed by atoms with Gasteiger partial charge >= 0.3 is 5.92 Å². The minimum atomic E-state index is -3.81. The standard InChI is InChI=1S/C17H13ClF3N3O/c1-9-11-6-5-10(17(20,21)16(22)25)7-15(11)24(23-9)8-12-13(18)3-2-4-14(12)19/h2-7H,8H2,1H3,(H2,22,25). The second-order valence-corrected chi connectivity index (χ2v) is 6.02. The Hall–Kier alpha value is -2.54. The quantitative estimate of drug-likeness (QED) is 0.763. The maximum atomic E-state index is 14.0. The summed E-state index contributed by atoms with van der Waals surface area (Å²) in [7, 11) is 0. The number of amides is 1. The highest BCUT2D eigenvalue weighted by Gasteiger charge is 2.39. The van der Waals surface area contributed by atoms with Crippen LogP contribution in [0.2, 0.25) is 5.02 Å². The van der Waals surface area contributed by atoms with Crippen LogP contribution in [0.5, 0.6) is 0 Å². The third kappa shape index (κ3) is 2.95. The summed E-state index contributed by atoms with van der Waals surface area (Å²) in [6.07, 6.45) is 0. The van der Waals surface area contributed by atoms with E-state index in [1.807, 2.05) is 0 Å². The molecule has 0 bridgehead atoms. The van der Waals surface area contributed by atoms with E-state index in [0.717, 1.165) is 12.1 Å². The average Bonchev–Trinajstić information content (AvgIpc) is 2.86. The van der Waals surface area contributed by atoms with Gasteiger partial charge in [-0.3, -0.25) is 9.48 Å². The minimum Gasteiger partial charge on any atom is -0.364 e. The molecule has 0 aliphatic carbocycles. The number of primary amides is 1. The van der Waals surface area contributed by atoms with Crippen molar-refractivity contribution in [2.45, 2.75) is 19.4 Å². The van der Waals surface area contributed by atoms with E-state index in [1.165, 1.54) is 28.9 Å². The molecule has 3 aromatic rings. The van der Waals surface area contributed by atoms with Crippen LogP contribution in [0.15, 0.2) is 36.4 Å². The summed E-state index contributed by atoms with van der Waals surface area (Å²) in [6, 6.07) is 7.96. The first-order chi connectivity index (χ1) is 11.7. The molecule has 0 aliphatic rings. The van der Waals surface area contributed by atoms with Crippen LogP contribution in [0.25, 0.3) is 10.9 Å². The van der Waals surface area contributed by atoms with Crippen LogP contribution in [0, 0.1) is 12.7 Å². The zero-order valence-corrected chi connectivity index (χ0v) is 13.8. The highest BCUT2D eigenvalue weighted by atomic mass is 35.5. The molecule has 2 aromatic carbocycles. The molecule has 0 radical (unpaired) electrons. The minimum absolute atomic E-state index is 0.0402. The van der Waals surface area contributed by atoms with Crippen molar-refractivity contribution in [3.63, 3.8) is 0 Å². The second-order valence-electron chi connectivity index (χ2n) is 5.61. The monoisotopic (exact) mass is 367 g/mol. The Morgan fingerprint density at radius 3 is 2.68 bits per heavy atom. The lowest BCUT2D eigenvalue weighted by molar-refractivity contribution is -0.143. The van der Waals surface area contributed by atoms with Gasteiger partial charge in [0, 0.05) is 21.5 Å². The van der Waals surface area contributed by atoms with Crippen molar-refractivity contribution in [2.24, 2.45) is 5.73 Å². The summed E-state index contributed by atoms with van der Waals surface area (Å²) in [4.78, 5) is 11.0. The highest BCUT2D eigenvalue weighted by Crippen LogP contribution is 2.31. The van der Waals surface area contributed by atoms with Crippen molar-refractivity contribution in [1.29, 1.82) is 0 Å². The van der Waals surface area contributed by atoms with Gasteiger partial charge in [-0.25, -0.2) is 4.39 Å². The summed E-state index contributed by atoms with van der Waals surface area (Å²) in [5.74, 6) is -6.08. The summed E-state index contributed by atoms with van der Waals surface area (Å²) in [5, 5.41) is 5.08. The van der Waals surface area contributed by atoms with Crippen LogP contribution < -0.4 is 5.73 Å². The summed E-state index contributed by atoms with van der Waals surface area (Å²) in [5.41, 5.74) is 5.33. The Balaban J connectivity index is 2.14. The maximum absolute atomic E-state index is 14.0. The van der Waals surface area contributed by atoms with E-state index in [1.54, 1.807) is 6.92 Å². The Bertz CT molecular complexity index is 964. The number of benzene rings is 2. The number of hydrogen-bond donors (Lipinski definition) is 1. The number of carbonyl (C=O) groups is 1. The fraction of sp³-hybridized carbons (Fsp3) is 0.176. The normalized spacial score (nSPS) is 11.9. The molecule has 0 spiro atoms. The van der Waals surface area contributed by atoms with Crippen molar-refractivity contribution < 1.29 is 18.0 Å². The number of nitrogens with zero attached hydrogens (tertiary/aromatic N) is 2. The van der Waals surface area contributed by atoms with Gasteiger partial charge in [-0.1, -0.05) is 29.8 Å². The summed E-state index contributed by atoms with van der Waals surface area (Å²) in [6.45, 7) is 1.66. The predicted molar refractivity (Wildman–Crippen MR) is 88.1 cm³/mol. The largest absolute Gasteiger partial charge is 0.364 e. The summed E-state index contributed by atoms with van der Waals surface area (Å²) >= 11 is 6.02. The van der Waals surface area contributed by atoms with E-state index in [-0.39, 0.29) is 17.1 Å². The van der Waals surface area contributed by atoms with Gasteiger partial charge in [0.15, 0.2) is 0 Å². The molecule has 2 N–H and O–H groups in total. The molecule has 3 rings (SSSR count). The van der Waals surface area contributed by atoms with Crippen LogP contribution in [0.4, 0.5) is 13.2 Å². The molecule has 0 fully saturated rings. The SMILES string of the molecule is Cc1nn(Cc2c(F)cccc2Cl)c2cc(C(F)(F)C(N)=O)ccc12. The molecule has 1 amide bonds. The zero-order valence-electron chi connectivity index (χ0n) is 13.1. The van der Waals surface area contributed by atoms with Gasteiger partial charge in [0.1, 0.15) is 5.82 Å². The van der Waals surface area contributed by atoms with Crippen molar-refractivity contribution >= 4 is 28.4 Å². The van der Waals surface area contributed by atoms with Gasteiger partial charge in [0.2, 0.25) is 0 Å². The Morgan fingerprint density at radius 2 is 2.04 bits per heavy atom. The van der Waals surface area contributed by atoms with Gasteiger partial charge in [-0.15, -0.1) is 0 Å². The third-order valence-electron chi connectivity index (χ3n) is 3.98. The third-order valence-corrected chi connectivity index (χ3v) is 4.33. The Morgan fingerprint density at radius 1 is 1.32 bits per heavy atom. The van der Waals surface area contributed by atoms with Gasteiger partial charge in [-0.05, 0) is 25.1 Å². The fourth-order valence-electron chi connectivity index (χ4n) is 2.63. The molecule has 4 nitrogen and oxygen atoms in total. The second kappa shape index (κ2) is 6.07. The van der Waals surface area contributed by atoms with Gasteiger partial charge in [0.05, 0.1) is 17.8 Å². The van der Waals surface area contributed by atoms with Crippen molar-refractivity contribution in [1.82, 2.24) is 9.78 Å². The topological polar surface area (TPSA) is 60.9 Å². The van der Waals surface area contributed by atoms with E-state index in [4.69, 9.17) is 17.3 Å². The lowest BCUT2D eigenvalue weighted by Crippen LogP contribution is -2.32. The molecule has 0 saturated heterocycles. The molecule has 25 heavy (non-hydrogen) atoms. The zero-order chi connectivity index (χ0) is 18.4. The number of fused-ring (bicyclic) bond motifs is 1. The molecule has 0 saturated carbocycles. The molecule has 130 valence electrons. The molecule has 8 heteroatoms. The van der Waals surface area contributed by atoms with Crippen LogP contribution in [0.1, 0.15) is 16.8 Å². The van der Waals surface area contributed by atoms with E-state index < -0.39 is 23.2 Å². The number of aromatic nitrogens is 2. The lowest BCUT2D eigenvalue weighted by atomic mass is 10.1. The van der Waals surface area contributed by atoms with Crippen molar-refractivity contribution in [3.8, 4) is 0 Å². The van der Waals surface area contributed by atoms with Gasteiger partial charge in [0.25, 0.3) is 5.91 Å². The Kier molecular flexibility index (Phi) is 4.20. The molecular formula is C17H13ClF3N3O. The molecule has 0 atom stereocenters. The highest BCUT2D eigenvalue weighted by molar-refractivity contribution is 6.31. The number of nitrogens with two attached hydrogens (primary N) is 1. The maximum Gasteiger partial charge on any atom is 0.349 e. The summed E-state index contributed by atoms with van der Waals surface area (Å²) < 4.78 is 43.2. The molecule has 1 aromatic heterocycles. The first-order valence-electron chi connectivity index (χ1n) is 7.30. The number of aryl methyl sites for hydroxylation is 1. The van der Waals surface area contributed by atoms with E-state index in [0.29, 0.717) is 16.6 Å². The van der Waals surface area contributed by atoms with Crippen LogP contribution >= 0.6 is 11.6 Å². The van der Waals surface area contributed by atoms with E-state index >= 15 is 0 Å². The number of halogens is 4. The molecular weight excluding hydrogens is 355 g/mol. The van der Waals surface area contributed by atoms with Gasteiger partial charge in [-0.2, -0.15) is 13.9 Å².